The van der Waals surface area contributed by atoms with Crippen LogP contribution in [0.4, 0.5) is 0 Å². The molecule has 2 aromatic heterocycles. The molecule has 4 aromatic rings. The van der Waals surface area contributed by atoms with E-state index in [0.29, 0.717) is 0 Å². The van der Waals surface area contributed by atoms with E-state index in [4.69, 9.17) is 5.11 Å². The molecule has 0 aliphatic carbocycles. The van der Waals surface area contributed by atoms with Crippen LogP contribution in [0.25, 0.3) is 11.1 Å². The van der Waals surface area contributed by atoms with Crippen molar-refractivity contribution in [2.45, 2.75) is 13.0 Å². The van der Waals surface area contributed by atoms with Crippen LogP contribution in [0.5, 0.6) is 5.88 Å². The number of benzene rings is 2. The maximum atomic E-state index is 13.3. The Balaban J connectivity index is 1.72. The van der Waals surface area contributed by atoms with E-state index >= 15 is 0 Å². The summed E-state index contributed by atoms with van der Waals surface area (Å²) in [7, 11) is 0. The molecule has 2 aromatic carbocycles. The first-order valence-corrected chi connectivity index (χ1v) is 10.8. The molecule has 9 heteroatoms. The number of pyridine rings is 1. The third kappa shape index (κ3) is 5.59. The molecule has 1 amide bonds. The molecule has 0 radical (unpaired) electrons. The van der Waals surface area contributed by atoms with Crippen molar-refractivity contribution in [1.82, 2.24) is 19.9 Å². The fourth-order valence-corrected chi connectivity index (χ4v) is 3.64. The maximum Gasteiger partial charge on any atom is 0.322 e. The summed E-state index contributed by atoms with van der Waals surface area (Å²) < 4.78 is 1.32. The van der Waals surface area contributed by atoms with Crippen molar-refractivity contribution in [3.63, 3.8) is 0 Å². The molecule has 0 bridgehead atoms. The van der Waals surface area contributed by atoms with Crippen LogP contribution in [-0.2, 0) is 17.8 Å². The minimum Gasteiger partial charge on any atom is -0.493 e. The Kier molecular flexibility index (Phi) is 6.96. The monoisotopic (exact) mass is 470 g/mol. The van der Waals surface area contributed by atoms with Crippen LogP contribution in [-0.4, -0.2) is 43.2 Å². The number of hydrogen-bond acceptors (Lipinski definition) is 6. The van der Waals surface area contributed by atoms with Crippen LogP contribution in [0.2, 0.25) is 0 Å². The Bertz CT molecular complexity index is 1400. The second-order valence-electron chi connectivity index (χ2n) is 7.79. The normalized spacial score (nSPS) is 10.6. The Morgan fingerprint density at radius 3 is 2.20 bits per heavy atom. The van der Waals surface area contributed by atoms with E-state index in [1.165, 1.54) is 4.57 Å². The summed E-state index contributed by atoms with van der Waals surface area (Å²) in [5.74, 6) is -2.75. The van der Waals surface area contributed by atoms with Gasteiger partial charge < -0.3 is 15.5 Å². The first-order valence-electron chi connectivity index (χ1n) is 10.8. The second-order valence-corrected chi connectivity index (χ2v) is 7.79. The molecule has 9 nitrogen and oxygen atoms in total. The van der Waals surface area contributed by atoms with E-state index < -0.39 is 35.4 Å². The molecule has 3 N–H and O–H groups in total. The quantitative estimate of drug-likeness (QED) is 0.360. The van der Waals surface area contributed by atoms with E-state index in [1.807, 2.05) is 66.7 Å². The summed E-state index contributed by atoms with van der Waals surface area (Å²) in [6.45, 7) is -0.593. The van der Waals surface area contributed by atoms with Gasteiger partial charge in [0, 0.05) is 18.8 Å². The Morgan fingerprint density at radius 1 is 0.886 bits per heavy atom. The predicted molar refractivity (Wildman–Crippen MR) is 128 cm³/mol. The summed E-state index contributed by atoms with van der Waals surface area (Å²) in [5.41, 5.74) is 2.26. The van der Waals surface area contributed by atoms with Crippen molar-refractivity contribution < 1.29 is 19.8 Å². The van der Waals surface area contributed by atoms with Gasteiger partial charge in [0.05, 0.1) is 6.54 Å². The van der Waals surface area contributed by atoms with Gasteiger partial charge in [-0.1, -0.05) is 54.6 Å². The van der Waals surface area contributed by atoms with Gasteiger partial charge >= 0.3 is 5.97 Å². The summed E-state index contributed by atoms with van der Waals surface area (Å²) in [5, 5.41) is 21.3. The molecular weight excluding hydrogens is 448 g/mol. The highest BCUT2D eigenvalue weighted by Crippen LogP contribution is 2.20. The Labute approximate surface area is 200 Å². The SMILES string of the molecule is O=C(O)CNC(=O)c1c(O)nc(Cc2ccccc2)n(Cc2ccc(-c3ccncc3)cc2)c1=O. The van der Waals surface area contributed by atoms with Gasteiger partial charge in [-0.2, -0.15) is 4.98 Å². The van der Waals surface area contributed by atoms with Crippen molar-refractivity contribution in [2.75, 3.05) is 6.54 Å². The summed E-state index contributed by atoms with van der Waals surface area (Å²) in [6, 6.07) is 20.6. The van der Waals surface area contributed by atoms with Crippen molar-refractivity contribution in [3.05, 3.63) is 112 Å². The van der Waals surface area contributed by atoms with E-state index in [-0.39, 0.29) is 18.8 Å². The van der Waals surface area contributed by atoms with Crippen LogP contribution >= 0.6 is 0 Å². The molecule has 2 heterocycles. The van der Waals surface area contributed by atoms with E-state index in [2.05, 4.69) is 15.3 Å². The predicted octanol–water partition coefficient (Wildman–Crippen LogP) is 2.46. The number of carbonyl (C=O) groups excluding carboxylic acids is 1. The first-order chi connectivity index (χ1) is 16.9. The fourth-order valence-electron chi connectivity index (χ4n) is 3.64. The van der Waals surface area contributed by atoms with E-state index in [0.717, 1.165) is 22.3 Å². The molecule has 0 fully saturated rings. The zero-order valence-corrected chi connectivity index (χ0v) is 18.6. The lowest BCUT2D eigenvalue weighted by atomic mass is 10.0. The lowest BCUT2D eigenvalue weighted by Crippen LogP contribution is -2.37. The van der Waals surface area contributed by atoms with Crippen LogP contribution in [0.3, 0.4) is 0 Å². The van der Waals surface area contributed by atoms with Crippen molar-refractivity contribution >= 4 is 11.9 Å². The van der Waals surface area contributed by atoms with E-state index in [1.54, 1.807) is 12.4 Å². The van der Waals surface area contributed by atoms with Gasteiger partial charge in [0.25, 0.3) is 11.5 Å². The lowest BCUT2D eigenvalue weighted by molar-refractivity contribution is -0.135. The second kappa shape index (κ2) is 10.4. The molecule has 0 spiro atoms. The Morgan fingerprint density at radius 2 is 1.54 bits per heavy atom. The number of rotatable bonds is 8. The molecule has 4 rings (SSSR count). The summed E-state index contributed by atoms with van der Waals surface area (Å²) in [6.07, 6.45) is 3.66. The molecule has 0 atom stereocenters. The molecule has 0 aliphatic heterocycles. The average Bonchev–Trinajstić information content (AvgIpc) is 2.86. The highest BCUT2D eigenvalue weighted by molar-refractivity contribution is 5.97. The number of carbonyl (C=O) groups is 2. The Hall–Kier alpha value is -4.79. The number of aliphatic carboxylic acids is 1. The number of aromatic hydroxyl groups is 1. The topological polar surface area (TPSA) is 134 Å². The highest BCUT2D eigenvalue weighted by atomic mass is 16.4. The summed E-state index contributed by atoms with van der Waals surface area (Å²) >= 11 is 0. The summed E-state index contributed by atoms with van der Waals surface area (Å²) in [4.78, 5) is 44.8. The van der Waals surface area contributed by atoms with Crippen LogP contribution in [0.1, 0.15) is 27.3 Å². The van der Waals surface area contributed by atoms with Gasteiger partial charge in [0.1, 0.15) is 12.4 Å². The fraction of sp³-hybridized carbons (Fsp3) is 0.115. The number of hydrogen-bond donors (Lipinski definition) is 3. The molecule has 0 unspecified atom stereocenters. The molecule has 0 saturated heterocycles. The van der Waals surface area contributed by atoms with Crippen LogP contribution in [0, 0.1) is 0 Å². The zero-order valence-electron chi connectivity index (χ0n) is 18.6. The first kappa shape index (κ1) is 23.4. The number of nitrogens with one attached hydrogen (secondary N) is 1. The van der Waals surface area contributed by atoms with Crippen molar-refractivity contribution in [1.29, 1.82) is 0 Å². The van der Waals surface area contributed by atoms with E-state index in [9.17, 15) is 19.5 Å². The molecule has 176 valence electrons. The molecule has 0 saturated carbocycles. The third-order valence-electron chi connectivity index (χ3n) is 5.37. The van der Waals surface area contributed by atoms with Gasteiger partial charge in [-0.05, 0) is 34.4 Å². The number of aromatic nitrogens is 3. The third-order valence-corrected chi connectivity index (χ3v) is 5.37. The zero-order chi connectivity index (χ0) is 24.8. The van der Waals surface area contributed by atoms with Crippen LogP contribution in [0.15, 0.2) is 83.9 Å². The van der Waals surface area contributed by atoms with Gasteiger partial charge in [-0.25, -0.2) is 0 Å². The molecule has 0 aliphatic rings. The van der Waals surface area contributed by atoms with Crippen molar-refractivity contribution in [3.8, 4) is 17.0 Å². The molecule has 35 heavy (non-hydrogen) atoms. The minimum atomic E-state index is -1.28. The molecular formula is C26H22N4O5. The number of nitrogens with zero attached hydrogens (tertiary/aromatic N) is 3. The van der Waals surface area contributed by atoms with Gasteiger partial charge in [-0.3, -0.25) is 23.9 Å². The van der Waals surface area contributed by atoms with Gasteiger partial charge in [0.2, 0.25) is 5.88 Å². The lowest BCUT2D eigenvalue weighted by Gasteiger charge is -2.15. The number of carboxylic acid groups (broad SMARTS) is 1. The number of amides is 1. The standard InChI is InChI=1S/C26H22N4O5/c31-22(32)15-28-24(33)23-25(34)29-21(14-17-4-2-1-3-5-17)30(26(23)35)16-18-6-8-19(9-7-18)20-10-12-27-13-11-20/h1-13,34H,14-16H2,(H,28,33)(H,31,32). The highest BCUT2D eigenvalue weighted by Gasteiger charge is 2.23. The van der Waals surface area contributed by atoms with Gasteiger partial charge in [0.15, 0.2) is 5.56 Å². The smallest absolute Gasteiger partial charge is 0.322 e. The maximum absolute atomic E-state index is 13.3. The largest absolute Gasteiger partial charge is 0.493 e. The number of carboxylic acids is 1. The van der Waals surface area contributed by atoms with Crippen molar-refractivity contribution in [2.24, 2.45) is 0 Å². The van der Waals surface area contributed by atoms with Crippen LogP contribution < -0.4 is 10.9 Å². The van der Waals surface area contributed by atoms with Gasteiger partial charge in [-0.15, -0.1) is 0 Å². The minimum absolute atomic E-state index is 0.101. The average molecular weight is 470 g/mol.